The summed E-state index contributed by atoms with van der Waals surface area (Å²) >= 11 is 0. The molecule has 0 saturated carbocycles. The Hall–Kier alpha value is -3.69. The van der Waals surface area contributed by atoms with Crippen molar-refractivity contribution in [2.24, 2.45) is 12.5 Å². The number of likely N-dealkylation sites (tertiary alicyclic amines) is 1. The Morgan fingerprint density at radius 2 is 1.59 bits per heavy atom. The number of hydrogen-bond acceptors (Lipinski definition) is 6. The van der Waals surface area contributed by atoms with Crippen LogP contribution in [-0.2, 0) is 28.0 Å². The second kappa shape index (κ2) is 11.6. The van der Waals surface area contributed by atoms with Crippen molar-refractivity contribution >= 4 is 23.5 Å². The van der Waals surface area contributed by atoms with E-state index in [1.165, 1.54) is 0 Å². The van der Waals surface area contributed by atoms with Crippen molar-refractivity contribution in [1.82, 2.24) is 19.7 Å². The van der Waals surface area contributed by atoms with Crippen molar-refractivity contribution < 1.29 is 50.9 Å². The van der Waals surface area contributed by atoms with Crippen LogP contribution in [0.1, 0.15) is 18.5 Å². The van der Waals surface area contributed by atoms with E-state index in [0.717, 1.165) is 50.4 Å². The summed E-state index contributed by atoms with van der Waals surface area (Å²) in [5.41, 5.74) is 1.77. The first kappa shape index (κ1) is 29.5. The standard InChI is InChI=1S/C17H21N5O.2C2HF3O2/c1-20-12-15(10-19-20)22-9-6-17(16(22)23)5-8-21(13-17)11-14-4-2-3-7-18-14;2*3-2(4,5)1(6)7/h2-4,7,10,12H,5-6,8-9,11,13H2,1H3;2*(H,6,7). The number of halogens is 6. The molecule has 2 aliphatic rings. The van der Waals surface area contributed by atoms with Gasteiger partial charge in [0.05, 0.1) is 23.0 Å². The number of carbonyl (C=O) groups excluding carboxylic acids is 1. The van der Waals surface area contributed by atoms with Gasteiger partial charge < -0.3 is 15.1 Å². The number of aromatic nitrogens is 3. The first-order valence-corrected chi connectivity index (χ1v) is 10.6. The van der Waals surface area contributed by atoms with E-state index in [9.17, 15) is 31.1 Å². The number of carboxylic acids is 2. The monoisotopic (exact) mass is 539 g/mol. The summed E-state index contributed by atoms with van der Waals surface area (Å²) in [5, 5.41) is 18.4. The molecule has 0 aromatic carbocycles. The molecule has 16 heteroatoms. The third-order valence-electron chi connectivity index (χ3n) is 5.55. The molecular formula is C21H23F6N5O5. The Morgan fingerprint density at radius 3 is 2.05 bits per heavy atom. The maximum absolute atomic E-state index is 13.0. The number of aliphatic carboxylic acids is 2. The fraction of sp³-hybridized carbons (Fsp3) is 0.476. The Balaban J connectivity index is 0.000000286. The van der Waals surface area contributed by atoms with Crippen molar-refractivity contribution in [2.45, 2.75) is 31.7 Å². The molecule has 2 N–H and O–H groups in total. The summed E-state index contributed by atoms with van der Waals surface area (Å²) in [5.74, 6) is -5.26. The van der Waals surface area contributed by atoms with Crippen molar-refractivity contribution in [3.63, 3.8) is 0 Å². The van der Waals surface area contributed by atoms with Gasteiger partial charge in [-0.2, -0.15) is 31.4 Å². The third kappa shape index (κ3) is 8.16. The molecule has 1 amide bonds. The predicted octanol–water partition coefficient (Wildman–Crippen LogP) is 2.71. The molecule has 37 heavy (non-hydrogen) atoms. The average Bonchev–Trinajstić information content (AvgIpc) is 3.49. The summed E-state index contributed by atoms with van der Waals surface area (Å²) in [6.45, 7) is 3.41. The molecule has 0 radical (unpaired) electrons. The number of pyridine rings is 1. The molecule has 1 unspecified atom stereocenters. The molecule has 1 spiro atoms. The summed E-state index contributed by atoms with van der Waals surface area (Å²) in [6.07, 6.45) is -2.78. The number of anilines is 1. The van der Waals surface area contributed by atoms with Crippen LogP contribution in [0.15, 0.2) is 36.8 Å². The molecule has 2 fully saturated rings. The minimum absolute atomic E-state index is 0.218. The number of alkyl halides is 6. The molecule has 204 valence electrons. The smallest absolute Gasteiger partial charge is 0.475 e. The Morgan fingerprint density at radius 1 is 1.03 bits per heavy atom. The number of amides is 1. The summed E-state index contributed by atoms with van der Waals surface area (Å²) < 4.78 is 65.2. The quantitative estimate of drug-likeness (QED) is 0.570. The predicted molar refractivity (Wildman–Crippen MR) is 114 cm³/mol. The zero-order valence-corrected chi connectivity index (χ0v) is 19.3. The van der Waals surface area contributed by atoms with Gasteiger partial charge in [0.25, 0.3) is 0 Å². The summed E-state index contributed by atoms with van der Waals surface area (Å²) in [4.78, 5) is 39.4. The number of aryl methyl sites for hydroxylation is 1. The number of nitrogens with zero attached hydrogens (tertiary/aromatic N) is 5. The van der Waals surface area contributed by atoms with Gasteiger partial charge in [0.1, 0.15) is 0 Å². The molecule has 2 aromatic rings. The fourth-order valence-electron chi connectivity index (χ4n) is 3.81. The highest BCUT2D eigenvalue weighted by atomic mass is 19.4. The van der Waals surface area contributed by atoms with E-state index in [2.05, 4.69) is 15.0 Å². The highest BCUT2D eigenvalue weighted by molar-refractivity contribution is 6.00. The lowest BCUT2D eigenvalue weighted by Gasteiger charge is -2.23. The van der Waals surface area contributed by atoms with E-state index in [4.69, 9.17) is 19.8 Å². The second-order valence-corrected chi connectivity index (χ2v) is 8.25. The van der Waals surface area contributed by atoms with Crippen LogP contribution in [0, 0.1) is 5.41 Å². The SMILES string of the molecule is Cn1cc(N2CCC3(CCN(Cc4ccccn4)C3)C2=O)cn1.O=C(O)C(F)(F)F.O=C(O)C(F)(F)F. The van der Waals surface area contributed by atoms with Crippen molar-refractivity contribution in [3.05, 3.63) is 42.5 Å². The van der Waals surface area contributed by atoms with Gasteiger partial charge in [0.2, 0.25) is 5.91 Å². The van der Waals surface area contributed by atoms with E-state index >= 15 is 0 Å². The third-order valence-corrected chi connectivity index (χ3v) is 5.55. The molecule has 0 bridgehead atoms. The van der Waals surface area contributed by atoms with Crippen LogP contribution >= 0.6 is 0 Å². The van der Waals surface area contributed by atoms with Gasteiger partial charge >= 0.3 is 24.3 Å². The van der Waals surface area contributed by atoms with Crippen LogP contribution in [0.4, 0.5) is 32.0 Å². The fourth-order valence-corrected chi connectivity index (χ4v) is 3.81. The van der Waals surface area contributed by atoms with E-state index in [-0.39, 0.29) is 11.3 Å². The average molecular weight is 539 g/mol. The molecule has 4 heterocycles. The van der Waals surface area contributed by atoms with Crippen LogP contribution in [0.25, 0.3) is 0 Å². The van der Waals surface area contributed by atoms with Gasteiger partial charge in [0.15, 0.2) is 0 Å². The molecule has 4 rings (SSSR count). The maximum atomic E-state index is 13.0. The first-order chi connectivity index (χ1) is 17.0. The van der Waals surface area contributed by atoms with Crippen molar-refractivity contribution in [3.8, 4) is 0 Å². The lowest BCUT2D eigenvalue weighted by Crippen LogP contribution is -2.36. The molecule has 2 aliphatic heterocycles. The molecule has 0 aliphatic carbocycles. The van der Waals surface area contributed by atoms with Gasteiger partial charge in [-0.1, -0.05) is 6.07 Å². The van der Waals surface area contributed by atoms with E-state index in [1.54, 1.807) is 10.9 Å². The van der Waals surface area contributed by atoms with Crippen LogP contribution < -0.4 is 4.90 Å². The summed E-state index contributed by atoms with van der Waals surface area (Å²) in [7, 11) is 1.88. The molecule has 2 saturated heterocycles. The minimum atomic E-state index is -5.08. The number of carboxylic acid groups (broad SMARTS) is 2. The van der Waals surface area contributed by atoms with Gasteiger partial charge in [-0.05, 0) is 31.5 Å². The van der Waals surface area contributed by atoms with Crippen LogP contribution in [0.5, 0.6) is 0 Å². The molecule has 2 aromatic heterocycles. The van der Waals surface area contributed by atoms with Gasteiger partial charge in [-0.25, -0.2) is 9.59 Å². The largest absolute Gasteiger partial charge is 0.490 e. The molecular weight excluding hydrogens is 516 g/mol. The number of rotatable bonds is 3. The maximum Gasteiger partial charge on any atom is 0.490 e. The molecule has 10 nitrogen and oxygen atoms in total. The van der Waals surface area contributed by atoms with Crippen molar-refractivity contribution in [1.29, 1.82) is 0 Å². The Kier molecular flexibility index (Phi) is 9.24. The second-order valence-electron chi connectivity index (χ2n) is 8.25. The van der Waals surface area contributed by atoms with E-state index in [1.807, 2.05) is 42.5 Å². The van der Waals surface area contributed by atoms with Crippen LogP contribution in [-0.4, -0.2) is 79.7 Å². The Bertz CT molecular complexity index is 1070. The first-order valence-electron chi connectivity index (χ1n) is 10.6. The van der Waals surface area contributed by atoms with E-state index < -0.39 is 24.3 Å². The topological polar surface area (TPSA) is 129 Å². The van der Waals surface area contributed by atoms with Gasteiger partial charge in [0, 0.05) is 39.1 Å². The highest BCUT2D eigenvalue weighted by Gasteiger charge is 2.51. The number of carbonyl (C=O) groups is 3. The molecule has 1 atom stereocenters. The van der Waals surface area contributed by atoms with Gasteiger partial charge in [-0.3, -0.25) is 19.4 Å². The van der Waals surface area contributed by atoms with Gasteiger partial charge in [-0.15, -0.1) is 0 Å². The zero-order chi connectivity index (χ0) is 28.0. The lowest BCUT2D eigenvalue weighted by atomic mass is 9.85. The van der Waals surface area contributed by atoms with Crippen LogP contribution in [0.2, 0.25) is 0 Å². The van der Waals surface area contributed by atoms with Crippen LogP contribution in [0.3, 0.4) is 0 Å². The van der Waals surface area contributed by atoms with Crippen molar-refractivity contribution in [2.75, 3.05) is 24.5 Å². The zero-order valence-electron chi connectivity index (χ0n) is 19.3. The minimum Gasteiger partial charge on any atom is -0.475 e. The highest BCUT2D eigenvalue weighted by Crippen LogP contribution is 2.42. The Labute approximate surface area is 206 Å². The number of hydrogen-bond donors (Lipinski definition) is 2. The van der Waals surface area contributed by atoms with E-state index in [0.29, 0.717) is 0 Å². The summed E-state index contributed by atoms with van der Waals surface area (Å²) in [6, 6.07) is 5.99. The lowest BCUT2D eigenvalue weighted by molar-refractivity contribution is -0.193. The normalized spacial score (nSPS) is 19.8.